The van der Waals surface area contributed by atoms with Crippen LogP contribution >= 0.6 is 0 Å². The molecule has 0 saturated heterocycles. The fourth-order valence-corrected chi connectivity index (χ4v) is 3.98. The van der Waals surface area contributed by atoms with Crippen molar-refractivity contribution < 1.29 is 13.2 Å². The molecule has 1 fully saturated rings. The molecule has 0 bridgehead atoms. The van der Waals surface area contributed by atoms with Crippen LogP contribution in [0.3, 0.4) is 0 Å². The van der Waals surface area contributed by atoms with E-state index in [9.17, 15) is 13.2 Å². The van der Waals surface area contributed by atoms with Gasteiger partial charge in [-0.15, -0.1) is 0 Å². The van der Waals surface area contributed by atoms with E-state index >= 15 is 0 Å². The molecule has 0 heterocycles. The third-order valence-corrected chi connectivity index (χ3v) is 5.75. The summed E-state index contributed by atoms with van der Waals surface area (Å²) in [5, 5.41) is 0. The molecule has 1 aliphatic carbocycles. The normalized spacial score (nSPS) is 19.9. The average molecular weight is 280 g/mol. The minimum atomic E-state index is -3.26. The average Bonchev–Trinajstić information content (AvgIpc) is 2.76. The fraction of sp³-hybridized carbons (Fsp3) is 0.533. The van der Waals surface area contributed by atoms with Gasteiger partial charge in [-0.3, -0.25) is 4.79 Å². The molecule has 3 nitrogen and oxygen atoms in total. The summed E-state index contributed by atoms with van der Waals surface area (Å²) >= 11 is 0. The third kappa shape index (κ3) is 3.24. The van der Waals surface area contributed by atoms with Gasteiger partial charge < -0.3 is 0 Å². The Kier molecular flexibility index (Phi) is 4.09. The topological polar surface area (TPSA) is 51.2 Å². The summed E-state index contributed by atoms with van der Waals surface area (Å²) in [7, 11) is -3.26. The molecule has 0 N–H and O–H groups in total. The number of sulfone groups is 1. The van der Waals surface area contributed by atoms with Gasteiger partial charge in [0.05, 0.1) is 10.6 Å². The summed E-state index contributed by atoms with van der Waals surface area (Å²) in [5.74, 6) is 0.267. The lowest BCUT2D eigenvalue weighted by atomic mass is 10.1. The van der Waals surface area contributed by atoms with E-state index in [2.05, 4.69) is 0 Å². The van der Waals surface area contributed by atoms with Gasteiger partial charge in [-0.2, -0.15) is 0 Å². The number of ketones is 1. The van der Waals surface area contributed by atoms with E-state index in [-0.39, 0.29) is 17.5 Å². The molecule has 1 saturated carbocycles. The molecule has 4 heteroatoms. The second-order valence-electron chi connectivity index (χ2n) is 5.41. The van der Waals surface area contributed by atoms with E-state index in [0.29, 0.717) is 17.7 Å². The van der Waals surface area contributed by atoms with Gasteiger partial charge in [0.1, 0.15) is 5.78 Å². The maximum Gasteiger partial charge on any atom is 0.178 e. The number of Topliss-reactive ketones (excluding diaryl/α,β-unsaturated/α-hetero) is 1. The Bertz CT molecular complexity index is 587. The molecule has 1 aromatic carbocycles. The number of hydrogen-bond donors (Lipinski definition) is 0. The molecule has 0 aliphatic heterocycles. The predicted molar refractivity (Wildman–Crippen MR) is 74.9 cm³/mol. The van der Waals surface area contributed by atoms with E-state index in [1.807, 2.05) is 19.9 Å². The first kappa shape index (κ1) is 14.3. The minimum absolute atomic E-state index is 0.0404. The highest BCUT2D eigenvalue weighted by molar-refractivity contribution is 7.91. The molecule has 104 valence electrons. The first-order valence-electron chi connectivity index (χ1n) is 6.73. The molecular weight excluding hydrogens is 260 g/mol. The third-order valence-electron chi connectivity index (χ3n) is 4.00. The van der Waals surface area contributed by atoms with Gasteiger partial charge in [-0.05, 0) is 56.4 Å². The van der Waals surface area contributed by atoms with E-state index in [0.717, 1.165) is 24.0 Å². The van der Waals surface area contributed by atoms with Crippen molar-refractivity contribution in [2.75, 3.05) is 5.75 Å². The van der Waals surface area contributed by atoms with Crippen LogP contribution in [0.4, 0.5) is 0 Å². The number of hydrogen-bond acceptors (Lipinski definition) is 3. The van der Waals surface area contributed by atoms with Crippen molar-refractivity contribution >= 4 is 15.6 Å². The molecule has 0 amide bonds. The Morgan fingerprint density at radius 2 is 1.95 bits per heavy atom. The highest BCUT2D eigenvalue weighted by Crippen LogP contribution is 2.26. The highest BCUT2D eigenvalue weighted by atomic mass is 32.2. The maximum atomic E-state index is 12.2. The first-order chi connectivity index (χ1) is 8.90. The molecule has 1 aromatic rings. The molecule has 2 rings (SSSR count). The largest absolute Gasteiger partial charge is 0.299 e. The van der Waals surface area contributed by atoms with E-state index in [1.54, 1.807) is 12.1 Å². The van der Waals surface area contributed by atoms with Crippen molar-refractivity contribution in [2.24, 2.45) is 5.92 Å². The second-order valence-corrected chi connectivity index (χ2v) is 7.52. The molecule has 0 aromatic heterocycles. The van der Waals surface area contributed by atoms with Crippen molar-refractivity contribution in [2.45, 2.75) is 44.4 Å². The summed E-state index contributed by atoms with van der Waals surface area (Å²) in [4.78, 5) is 11.9. The zero-order valence-corrected chi connectivity index (χ0v) is 12.3. The van der Waals surface area contributed by atoms with Crippen molar-refractivity contribution in [1.29, 1.82) is 0 Å². The predicted octanol–water partition coefficient (Wildman–Crippen LogP) is 2.84. The first-order valence-corrected chi connectivity index (χ1v) is 8.38. The lowest BCUT2D eigenvalue weighted by Gasteiger charge is -2.10. The number of rotatable bonds is 4. The van der Waals surface area contributed by atoms with Crippen LogP contribution in [-0.2, 0) is 14.6 Å². The van der Waals surface area contributed by atoms with Crippen molar-refractivity contribution in [3.8, 4) is 0 Å². The summed E-state index contributed by atoms with van der Waals surface area (Å²) < 4.78 is 24.5. The minimum Gasteiger partial charge on any atom is -0.299 e. The lowest BCUT2D eigenvalue weighted by molar-refractivity contribution is -0.120. The van der Waals surface area contributed by atoms with Crippen LogP contribution in [0.1, 0.15) is 36.8 Å². The number of benzene rings is 1. The van der Waals surface area contributed by atoms with Crippen LogP contribution in [0.2, 0.25) is 0 Å². The van der Waals surface area contributed by atoms with Crippen molar-refractivity contribution in [3.63, 3.8) is 0 Å². The summed E-state index contributed by atoms with van der Waals surface area (Å²) in [6.45, 7) is 3.87. The Balaban J connectivity index is 2.09. The quantitative estimate of drug-likeness (QED) is 0.852. The van der Waals surface area contributed by atoms with Gasteiger partial charge in [0.15, 0.2) is 9.84 Å². The van der Waals surface area contributed by atoms with Crippen LogP contribution in [-0.4, -0.2) is 20.0 Å². The number of carbonyl (C=O) groups is 1. The Morgan fingerprint density at radius 1 is 1.21 bits per heavy atom. The van der Waals surface area contributed by atoms with Crippen molar-refractivity contribution in [3.05, 3.63) is 29.3 Å². The standard InChI is InChI=1S/C15H20O3S/c1-11-6-7-14(10-12(11)2)19(17,18)9-8-13-4-3-5-15(13)16/h6-7,10,13H,3-5,8-9H2,1-2H3. The van der Waals surface area contributed by atoms with Crippen LogP contribution in [0.15, 0.2) is 23.1 Å². The zero-order valence-electron chi connectivity index (χ0n) is 11.5. The molecule has 1 atom stereocenters. The van der Waals surface area contributed by atoms with E-state index in [1.165, 1.54) is 0 Å². The molecule has 0 spiro atoms. The van der Waals surface area contributed by atoms with Crippen LogP contribution in [0.25, 0.3) is 0 Å². The summed E-state index contributed by atoms with van der Waals surface area (Å²) in [6, 6.07) is 5.22. The molecule has 0 radical (unpaired) electrons. The maximum absolute atomic E-state index is 12.2. The molecule has 1 unspecified atom stereocenters. The Morgan fingerprint density at radius 3 is 2.53 bits per heavy atom. The lowest BCUT2D eigenvalue weighted by Crippen LogP contribution is -2.14. The van der Waals surface area contributed by atoms with Gasteiger partial charge in [-0.1, -0.05) is 6.07 Å². The van der Waals surface area contributed by atoms with Gasteiger partial charge in [0.2, 0.25) is 0 Å². The van der Waals surface area contributed by atoms with Gasteiger partial charge in [0, 0.05) is 12.3 Å². The van der Waals surface area contributed by atoms with Crippen LogP contribution in [0.5, 0.6) is 0 Å². The fourth-order valence-electron chi connectivity index (χ4n) is 2.52. The Labute approximate surface area is 114 Å². The number of aryl methyl sites for hydroxylation is 2. The molecule has 19 heavy (non-hydrogen) atoms. The monoisotopic (exact) mass is 280 g/mol. The summed E-state index contributed by atoms with van der Waals surface area (Å²) in [6.07, 6.45) is 2.84. The van der Waals surface area contributed by atoms with E-state index in [4.69, 9.17) is 0 Å². The molecular formula is C15H20O3S. The second kappa shape index (κ2) is 5.45. The molecule has 1 aliphatic rings. The zero-order chi connectivity index (χ0) is 14.0. The van der Waals surface area contributed by atoms with Gasteiger partial charge >= 0.3 is 0 Å². The Hall–Kier alpha value is -1.16. The van der Waals surface area contributed by atoms with Crippen LogP contribution in [0, 0.1) is 19.8 Å². The number of carbonyl (C=O) groups excluding carboxylic acids is 1. The summed E-state index contributed by atoms with van der Waals surface area (Å²) in [5.41, 5.74) is 2.07. The smallest absolute Gasteiger partial charge is 0.178 e. The van der Waals surface area contributed by atoms with Gasteiger partial charge in [0.25, 0.3) is 0 Å². The van der Waals surface area contributed by atoms with Gasteiger partial charge in [-0.25, -0.2) is 8.42 Å². The van der Waals surface area contributed by atoms with E-state index < -0.39 is 9.84 Å². The van der Waals surface area contributed by atoms with Crippen LogP contribution < -0.4 is 0 Å². The SMILES string of the molecule is Cc1ccc(S(=O)(=O)CCC2CCCC2=O)cc1C. The van der Waals surface area contributed by atoms with Crippen molar-refractivity contribution in [1.82, 2.24) is 0 Å². The highest BCUT2D eigenvalue weighted by Gasteiger charge is 2.26.